The molecule has 0 saturated heterocycles. The van der Waals surface area contributed by atoms with Crippen LogP contribution in [-0.2, 0) is 0 Å². The van der Waals surface area contributed by atoms with Gasteiger partial charge in [0.25, 0.3) is 6.43 Å². The van der Waals surface area contributed by atoms with E-state index in [-0.39, 0.29) is 12.0 Å². The van der Waals surface area contributed by atoms with Crippen molar-refractivity contribution in [3.63, 3.8) is 0 Å². The van der Waals surface area contributed by atoms with Crippen molar-refractivity contribution >= 4 is 5.96 Å². The number of halogens is 2. The van der Waals surface area contributed by atoms with Crippen LogP contribution in [0.1, 0.15) is 45.4 Å². The van der Waals surface area contributed by atoms with Crippen LogP contribution in [0.3, 0.4) is 0 Å². The van der Waals surface area contributed by atoms with Gasteiger partial charge in [-0.3, -0.25) is 4.99 Å². The fourth-order valence-corrected chi connectivity index (χ4v) is 2.79. The number of aliphatic hydroxyl groups excluding tert-OH is 1. The molecule has 0 bridgehead atoms. The van der Waals surface area contributed by atoms with Crippen molar-refractivity contribution < 1.29 is 13.9 Å². The van der Waals surface area contributed by atoms with Crippen LogP contribution in [0.4, 0.5) is 8.78 Å². The van der Waals surface area contributed by atoms with Crippen LogP contribution in [-0.4, -0.2) is 43.7 Å². The summed E-state index contributed by atoms with van der Waals surface area (Å²) < 4.78 is 24.5. The van der Waals surface area contributed by atoms with E-state index in [1.54, 1.807) is 0 Å². The maximum atomic E-state index is 12.2. The number of nitrogens with one attached hydrogen (secondary N) is 2. The maximum absolute atomic E-state index is 12.2. The van der Waals surface area contributed by atoms with Crippen LogP contribution in [0.5, 0.6) is 0 Å². The molecule has 0 radical (unpaired) electrons. The Bertz CT molecular complexity index is 287. The number of rotatable bonds is 7. The number of hydrogen-bond acceptors (Lipinski definition) is 2. The molecule has 0 atom stereocenters. The number of aliphatic hydroxyl groups is 1. The fourth-order valence-electron chi connectivity index (χ4n) is 2.79. The van der Waals surface area contributed by atoms with Crippen LogP contribution in [0.25, 0.3) is 0 Å². The van der Waals surface area contributed by atoms with E-state index >= 15 is 0 Å². The zero-order chi connectivity index (χ0) is 14.8. The summed E-state index contributed by atoms with van der Waals surface area (Å²) in [4.78, 5) is 4.45. The average Bonchev–Trinajstić information content (AvgIpc) is 2.43. The lowest BCUT2D eigenvalue weighted by Crippen LogP contribution is -2.41. The predicted molar refractivity (Wildman–Crippen MR) is 77.2 cm³/mol. The molecule has 0 aromatic rings. The van der Waals surface area contributed by atoms with E-state index in [2.05, 4.69) is 15.6 Å². The molecular formula is C14H27F2N3O. The minimum absolute atomic E-state index is 0.0418. The van der Waals surface area contributed by atoms with Crippen molar-refractivity contribution in [2.75, 3.05) is 26.2 Å². The van der Waals surface area contributed by atoms with E-state index in [9.17, 15) is 13.9 Å². The van der Waals surface area contributed by atoms with Gasteiger partial charge in [0.2, 0.25) is 0 Å². The van der Waals surface area contributed by atoms with E-state index in [0.29, 0.717) is 19.0 Å². The number of hydrogen-bond donors (Lipinski definition) is 3. The second-order valence-corrected chi connectivity index (χ2v) is 5.50. The zero-order valence-electron chi connectivity index (χ0n) is 12.3. The summed E-state index contributed by atoms with van der Waals surface area (Å²) in [6.07, 6.45) is 4.04. The highest BCUT2D eigenvalue weighted by molar-refractivity contribution is 5.79. The van der Waals surface area contributed by atoms with Gasteiger partial charge in [-0.1, -0.05) is 19.3 Å². The average molecular weight is 291 g/mol. The zero-order valence-corrected chi connectivity index (χ0v) is 12.3. The van der Waals surface area contributed by atoms with Gasteiger partial charge in [0.1, 0.15) is 0 Å². The monoisotopic (exact) mass is 291 g/mol. The van der Waals surface area contributed by atoms with E-state index in [1.807, 2.05) is 6.92 Å². The fraction of sp³-hybridized carbons (Fsp3) is 0.929. The molecule has 1 fully saturated rings. The first-order chi connectivity index (χ1) is 9.62. The summed E-state index contributed by atoms with van der Waals surface area (Å²) in [5, 5.41) is 14.9. The highest BCUT2D eigenvalue weighted by Crippen LogP contribution is 2.39. The van der Waals surface area contributed by atoms with Crippen molar-refractivity contribution in [1.82, 2.24) is 10.6 Å². The first-order valence-electron chi connectivity index (χ1n) is 7.53. The van der Waals surface area contributed by atoms with Gasteiger partial charge < -0.3 is 15.7 Å². The molecule has 0 spiro atoms. The van der Waals surface area contributed by atoms with E-state index < -0.39 is 13.0 Å². The molecule has 118 valence electrons. The number of guanidine groups is 1. The molecule has 20 heavy (non-hydrogen) atoms. The Labute approximate surface area is 120 Å². The molecule has 0 aromatic heterocycles. The molecule has 6 heteroatoms. The molecule has 1 aliphatic rings. The summed E-state index contributed by atoms with van der Waals surface area (Å²) in [5.41, 5.74) is 0.0418. The van der Waals surface area contributed by atoms with Crippen LogP contribution in [0.2, 0.25) is 0 Å². The van der Waals surface area contributed by atoms with Crippen LogP contribution < -0.4 is 10.6 Å². The topological polar surface area (TPSA) is 56.7 Å². The lowest BCUT2D eigenvalue weighted by Gasteiger charge is -2.35. The summed E-state index contributed by atoms with van der Waals surface area (Å²) in [6, 6.07) is 0. The smallest absolute Gasteiger partial charge is 0.255 e. The lowest BCUT2D eigenvalue weighted by molar-refractivity contribution is 0.137. The number of nitrogens with zero attached hydrogens (tertiary/aromatic N) is 1. The molecule has 0 aliphatic heterocycles. The number of aliphatic imine (C=N–C) groups is 1. The standard InChI is InChI=1S/C14H27F2N3O/c1-2-17-13(18-10-12(15)16)19-11-14(8-9-20)6-4-3-5-7-14/h12,20H,2-11H2,1H3,(H2,17,18,19). The second-order valence-electron chi connectivity index (χ2n) is 5.50. The maximum Gasteiger partial charge on any atom is 0.255 e. The van der Waals surface area contributed by atoms with Crippen LogP contribution in [0.15, 0.2) is 4.99 Å². The molecule has 0 aromatic carbocycles. The normalized spacial score (nSPS) is 19.1. The van der Waals surface area contributed by atoms with Gasteiger partial charge in [-0.2, -0.15) is 0 Å². The third-order valence-electron chi connectivity index (χ3n) is 3.90. The SMILES string of the molecule is CCNC(=NCC1(CCO)CCCCC1)NCC(F)F. The van der Waals surface area contributed by atoms with E-state index in [1.165, 1.54) is 6.42 Å². The Kier molecular flexibility index (Phi) is 7.80. The Morgan fingerprint density at radius 2 is 1.95 bits per heavy atom. The van der Waals surface area contributed by atoms with Crippen molar-refractivity contribution in [1.29, 1.82) is 0 Å². The minimum Gasteiger partial charge on any atom is -0.396 e. The molecule has 0 unspecified atom stereocenters. The molecule has 4 nitrogen and oxygen atoms in total. The van der Waals surface area contributed by atoms with Gasteiger partial charge in [0, 0.05) is 19.7 Å². The van der Waals surface area contributed by atoms with E-state index in [0.717, 1.165) is 32.1 Å². The Balaban J connectivity index is 2.60. The Hall–Kier alpha value is -0.910. The highest BCUT2D eigenvalue weighted by atomic mass is 19.3. The first-order valence-corrected chi connectivity index (χ1v) is 7.53. The van der Waals surface area contributed by atoms with Crippen molar-refractivity contribution in [3.8, 4) is 0 Å². The third-order valence-corrected chi connectivity index (χ3v) is 3.90. The van der Waals surface area contributed by atoms with Crippen molar-refractivity contribution in [2.45, 2.75) is 51.9 Å². The summed E-state index contributed by atoms with van der Waals surface area (Å²) >= 11 is 0. The molecule has 3 N–H and O–H groups in total. The molecule has 1 saturated carbocycles. The minimum atomic E-state index is -2.39. The van der Waals surface area contributed by atoms with Crippen molar-refractivity contribution in [2.24, 2.45) is 10.4 Å². The largest absolute Gasteiger partial charge is 0.396 e. The quantitative estimate of drug-likeness (QED) is 0.497. The highest BCUT2D eigenvalue weighted by Gasteiger charge is 2.31. The molecular weight excluding hydrogens is 264 g/mol. The summed E-state index contributed by atoms with van der Waals surface area (Å²) in [7, 11) is 0. The number of alkyl halides is 2. The second kappa shape index (κ2) is 9.10. The van der Waals surface area contributed by atoms with Gasteiger partial charge in [0.05, 0.1) is 6.54 Å². The Morgan fingerprint density at radius 1 is 1.25 bits per heavy atom. The van der Waals surface area contributed by atoms with E-state index in [4.69, 9.17) is 0 Å². The summed E-state index contributed by atoms with van der Waals surface area (Å²) in [5.74, 6) is 0.440. The first kappa shape index (κ1) is 17.1. The third kappa shape index (κ3) is 6.03. The molecule has 1 rings (SSSR count). The van der Waals surface area contributed by atoms with Gasteiger partial charge >= 0.3 is 0 Å². The summed E-state index contributed by atoms with van der Waals surface area (Å²) in [6.45, 7) is 2.91. The van der Waals surface area contributed by atoms with Crippen molar-refractivity contribution in [3.05, 3.63) is 0 Å². The van der Waals surface area contributed by atoms with Gasteiger partial charge in [-0.15, -0.1) is 0 Å². The molecule has 0 amide bonds. The van der Waals surface area contributed by atoms with Gasteiger partial charge in [-0.05, 0) is 31.6 Å². The lowest BCUT2D eigenvalue weighted by atomic mass is 9.72. The molecule has 1 aliphatic carbocycles. The van der Waals surface area contributed by atoms with Gasteiger partial charge in [-0.25, -0.2) is 8.78 Å². The van der Waals surface area contributed by atoms with Crippen LogP contribution >= 0.6 is 0 Å². The molecule has 0 heterocycles. The van der Waals surface area contributed by atoms with Gasteiger partial charge in [0.15, 0.2) is 5.96 Å². The van der Waals surface area contributed by atoms with Crippen LogP contribution in [0, 0.1) is 5.41 Å². The Morgan fingerprint density at radius 3 is 2.50 bits per heavy atom. The predicted octanol–water partition coefficient (Wildman–Crippen LogP) is 2.14.